The molecule has 0 fully saturated rings. The number of halogens is 1. The molecule has 4 rings (SSSR count). The molecule has 1 amide bonds. The number of benzene rings is 3. The van der Waals surface area contributed by atoms with Crippen LogP contribution in [-0.2, 0) is 5.66 Å². The van der Waals surface area contributed by atoms with Gasteiger partial charge >= 0.3 is 0 Å². The molecule has 142 valence electrons. The number of nitrogens with zero attached hydrogens (tertiary/aromatic N) is 1. The second kappa shape index (κ2) is 6.68. The summed E-state index contributed by atoms with van der Waals surface area (Å²) in [5.41, 5.74) is 2.32. The van der Waals surface area contributed by atoms with Gasteiger partial charge in [-0.15, -0.1) is 0 Å². The molecule has 0 saturated carbocycles. The highest BCUT2D eigenvalue weighted by Gasteiger charge is 2.54. The van der Waals surface area contributed by atoms with Crippen molar-refractivity contribution >= 4 is 23.2 Å². The first-order valence-electron chi connectivity index (χ1n) is 9.37. The largest absolute Gasteiger partial charge is 0.355 e. The fourth-order valence-corrected chi connectivity index (χ4v) is 4.21. The predicted molar refractivity (Wildman–Crippen MR) is 115 cm³/mol. The van der Waals surface area contributed by atoms with E-state index in [1.807, 2.05) is 83.8 Å². The maximum absolute atomic E-state index is 13.5. The van der Waals surface area contributed by atoms with Crippen molar-refractivity contribution in [3.8, 4) is 0 Å². The van der Waals surface area contributed by atoms with E-state index in [-0.39, 0.29) is 5.91 Å². The zero-order valence-electron chi connectivity index (χ0n) is 16.2. The summed E-state index contributed by atoms with van der Waals surface area (Å²) in [6, 6.07) is 25.6. The van der Waals surface area contributed by atoms with E-state index in [9.17, 15) is 4.79 Å². The average Bonchev–Trinajstić information content (AvgIpc) is 2.93. The third-order valence-corrected chi connectivity index (χ3v) is 5.37. The Hall–Kier alpha value is -2.78. The lowest BCUT2D eigenvalue weighted by Crippen LogP contribution is -2.58. The Morgan fingerprint density at radius 1 is 0.857 bits per heavy atom. The first kappa shape index (κ1) is 18.6. The van der Waals surface area contributed by atoms with Crippen LogP contribution < -0.4 is 5.32 Å². The summed E-state index contributed by atoms with van der Waals surface area (Å²) in [6.45, 7) is 6.19. The van der Waals surface area contributed by atoms with Gasteiger partial charge in [-0.1, -0.05) is 60.1 Å². The Balaban J connectivity index is 2.04. The van der Waals surface area contributed by atoms with E-state index >= 15 is 0 Å². The van der Waals surface area contributed by atoms with Crippen LogP contribution in [0.3, 0.4) is 0 Å². The number of para-hydroxylation sites is 1. The molecule has 0 bridgehead atoms. The predicted octanol–water partition coefficient (Wildman–Crippen LogP) is 5.91. The first-order chi connectivity index (χ1) is 13.3. The molecule has 1 aliphatic rings. The van der Waals surface area contributed by atoms with Gasteiger partial charge in [0.25, 0.3) is 5.91 Å². The van der Waals surface area contributed by atoms with Gasteiger partial charge in [0, 0.05) is 32.9 Å². The second-order valence-electron chi connectivity index (χ2n) is 8.07. The smallest absolute Gasteiger partial charge is 0.257 e. The molecule has 4 heteroatoms. The topological polar surface area (TPSA) is 32.3 Å². The number of hydrogen-bond donors (Lipinski definition) is 1. The van der Waals surface area contributed by atoms with Crippen LogP contribution in [0.5, 0.6) is 0 Å². The van der Waals surface area contributed by atoms with Crippen molar-refractivity contribution in [1.29, 1.82) is 0 Å². The Labute approximate surface area is 171 Å². The minimum Gasteiger partial charge on any atom is -0.355 e. The SMILES string of the molecule is CC(C)(C)N1C(=O)c2ccccc2C1(Nc1ccccc1)c1ccc(Cl)cc1. The van der Waals surface area contributed by atoms with Crippen LogP contribution in [0.25, 0.3) is 0 Å². The van der Waals surface area contributed by atoms with Crippen molar-refractivity contribution in [2.45, 2.75) is 32.0 Å². The highest BCUT2D eigenvalue weighted by atomic mass is 35.5. The lowest BCUT2D eigenvalue weighted by atomic mass is 9.88. The first-order valence-corrected chi connectivity index (χ1v) is 9.75. The number of carbonyl (C=O) groups is 1. The normalized spacial score (nSPS) is 18.9. The van der Waals surface area contributed by atoms with Crippen molar-refractivity contribution in [1.82, 2.24) is 4.90 Å². The minimum absolute atomic E-state index is 0.0153. The van der Waals surface area contributed by atoms with E-state index in [2.05, 4.69) is 26.1 Å². The van der Waals surface area contributed by atoms with E-state index in [1.165, 1.54) is 0 Å². The maximum Gasteiger partial charge on any atom is 0.257 e. The van der Waals surface area contributed by atoms with Crippen LogP contribution in [0.1, 0.15) is 42.3 Å². The van der Waals surface area contributed by atoms with Gasteiger partial charge in [0.05, 0.1) is 0 Å². The van der Waals surface area contributed by atoms with Gasteiger partial charge in [0.1, 0.15) is 0 Å². The number of carbonyl (C=O) groups excluding carboxylic acids is 1. The summed E-state index contributed by atoms with van der Waals surface area (Å²) in [7, 11) is 0. The molecule has 3 aromatic rings. The number of fused-ring (bicyclic) bond motifs is 1. The molecule has 1 heterocycles. The summed E-state index contributed by atoms with van der Waals surface area (Å²) in [5.74, 6) is 0.0153. The summed E-state index contributed by atoms with van der Waals surface area (Å²) in [5, 5.41) is 4.36. The standard InChI is InChI=1S/C24H23ClN2O/c1-23(2,3)27-22(28)20-11-7-8-12-21(20)24(27,17-13-15-18(25)16-14-17)26-19-9-5-4-6-10-19/h4-16,26H,1-3H3. The molecular weight excluding hydrogens is 368 g/mol. The summed E-state index contributed by atoms with van der Waals surface area (Å²) < 4.78 is 0. The lowest BCUT2D eigenvalue weighted by Gasteiger charge is -2.47. The van der Waals surface area contributed by atoms with Crippen molar-refractivity contribution in [2.75, 3.05) is 5.32 Å². The Morgan fingerprint density at radius 2 is 1.46 bits per heavy atom. The molecule has 1 atom stereocenters. The summed E-state index contributed by atoms with van der Waals surface area (Å²) in [6.07, 6.45) is 0. The van der Waals surface area contributed by atoms with E-state index in [4.69, 9.17) is 11.6 Å². The molecule has 0 aliphatic carbocycles. The van der Waals surface area contributed by atoms with Gasteiger partial charge < -0.3 is 10.2 Å². The summed E-state index contributed by atoms with van der Waals surface area (Å²) >= 11 is 6.18. The van der Waals surface area contributed by atoms with Crippen LogP contribution >= 0.6 is 11.6 Å². The molecule has 28 heavy (non-hydrogen) atoms. The zero-order valence-corrected chi connectivity index (χ0v) is 17.0. The van der Waals surface area contributed by atoms with Crippen LogP contribution in [-0.4, -0.2) is 16.3 Å². The van der Waals surface area contributed by atoms with Gasteiger partial charge in [-0.05, 0) is 51.1 Å². The maximum atomic E-state index is 13.5. The van der Waals surface area contributed by atoms with Crippen LogP contribution in [0.4, 0.5) is 5.69 Å². The number of anilines is 1. The van der Waals surface area contributed by atoms with Gasteiger partial charge in [0.15, 0.2) is 5.66 Å². The number of nitrogens with one attached hydrogen (secondary N) is 1. The van der Waals surface area contributed by atoms with Crippen LogP contribution in [0.2, 0.25) is 5.02 Å². The molecule has 0 spiro atoms. The molecule has 0 saturated heterocycles. The van der Waals surface area contributed by atoms with E-state index in [1.54, 1.807) is 0 Å². The van der Waals surface area contributed by atoms with E-state index in [0.717, 1.165) is 22.4 Å². The van der Waals surface area contributed by atoms with Crippen molar-refractivity contribution in [3.63, 3.8) is 0 Å². The van der Waals surface area contributed by atoms with Gasteiger partial charge in [-0.3, -0.25) is 4.79 Å². The second-order valence-corrected chi connectivity index (χ2v) is 8.50. The number of rotatable bonds is 3. The number of hydrogen-bond acceptors (Lipinski definition) is 2. The Bertz CT molecular complexity index is 1010. The molecule has 0 radical (unpaired) electrons. The molecule has 1 aliphatic heterocycles. The molecule has 3 aromatic carbocycles. The van der Waals surface area contributed by atoms with Crippen LogP contribution in [0, 0.1) is 0 Å². The van der Waals surface area contributed by atoms with Crippen LogP contribution in [0.15, 0.2) is 78.9 Å². The van der Waals surface area contributed by atoms with Crippen molar-refractivity contribution < 1.29 is 4.79 Å². The van der Waals surface area contributed by atoms with Crippen molar-refractivity contribution in [3.05, 3.63) is 101 Å². The average molecular weight is 391 g/mol. The van der Waals surface area contributed by atoms with Gasteiger partial charge in [0.2, 0.25) is 0 Å². The van der Waals surface area contributed by atoms with Crippen molar-refractivity contribution in [2.24, 2.45) is 0 Å². The zero-order chi connectivity index (χ0) is 19.9. The minimum atomic E-state index is -0.835. The third kappa shape index (κ3) is 2.87. The van der Waals surface area contributed by atoms with Gasteiger partial charge in [-0.2, -0.15) is 0 Å². The summed E-state index contributed by atoms with van der Waals surface area (Å²) in [4.78, 5) is 15.5. The van der Waals surface area contributed by atoms with E-state index in [0.29, 0.717) is 5.02 Å². The molecule has 0 aromatic heterocycles. The quantitative estimate of drug-likeness (QED) is 0.603. The fraction of sp³-hybridized carbons (Fsp3) is 0.208. The third-order valence-electron chi connectivity index (χ3n) is 5.12. The van der Waals surface area contributed by atoms with E-state index < -0.39 is 11.2 Å². The lowest BCUT2D eigenvalue weighted by molar-refractivity contribution is 0.0381. The highest BCUT2D eigenvalue weighted by Crippen LogP contribution is 2.48. The highest BCUT2D eigenvalue weighted by molar-refractivity contribution is 6.30. The Morgan fingerprint density at radius 3 is 2.11 bits per heavy atom. The molecule has 3 nitrogen and oxygen atoms in total. The fourth-order valence-electron chi connectivity index (χ4n) is 4.09. The monoisotopic (exact) mass is 390 g/mol. The number of amides is 1. The Kier molecular flexibility index (Phi) is 4.43. The molecule has 1 N–H and O–H groups in total. The molecular formula is C24H23ClN2O. The van der Waals surface area contributed by atoms with Gasteiger partial charge in [-0.25, -0.2) is 0 Å². The molecule has 1 unspecified atom stereocenters.